The summed E-state index contributed by atoms with van der Waals surface area (Å²) in [5.41, 5.74) is 0. The van der Waals surface area contributed by atoms with Gasteiger partial charge in [0, 0.05) is 59.0 Å². The van der Waals surface area contributed by atoms with Gasteiger partial charge < -0.3 is 18.6 Å². The van der Waals surface area contributed by atoms with E-state index in [-0.39, 0.29) is 30.7 Å². The maximum absolute atomic E-state index is 11.7. The standard InChI is InChI=1S/C13H22N2O6Si/c1-19-22(20-2,21-3)10-4-8-14-11(16)7-9-15-12(17)5-6-13(15)18/h5-6H,4,7-10H2,1-3H3,(H,14,16). The summed E-state index contributed by atoms with van der Waals surface area (Å²) in [4.78, 5) is 35.4. The summed E-state index contributed by atoms with van der Waals surface area (Å²) in [7, 11) is 2.01. The lowest BCUT2D eigenvalue weighted by molar-refractivity contribution is -0.137. The molecule has 8 nitrogen and oxygen atoms in total. The smallest absolute Gasteiger partial charge is 0.377 e. The molecule has 3 amide bonds. The summed E-state index contributed by atoms with van der Waals surface area (Å²) in [6.07, 6.45) is 3.13. The van der Waals surface area contributed by atoms with E-state index in [0.29, 0.717) is 19.0 Å². The van der Waals surface area contributed by atoms with Crippen LogP contribution in [0.1, 0.15) is 12.8 Å². The average Bonchev–Trinajstić information content (AvgIpc) is 2.85. The third-order valence-electron chi connectivity index (χ3n) is 3.38. The van der Waals surface area contributed by atoms with Crippen molar-refractivity contribution in [3.05, 3.63) is 12.2 Å². The second-order valence-corrected chi connectivity index (χ2v) is 7.75. The van der Waals surface area contributed by atoms with Crippen LogP contribution in [0.4, 0.5) is 0 Å². The molecule has 0 unspecified atom stereocenters. The first-order valence-electron chi connectivity index (χ1n) is 6.93. The first-order chi connectivity index (χ1) is 10.5. The van der Waals surface area contributed by atoms with E-state index in [0.717, 1.165) is 4.90 Å². The monoisotopic (exact) mass is 330 g/mol. The molecule has 0 saturated heterocycles. The Morgan fingerprint density at radius 3 is 2.18 bits per heavy atom. The van der Waals surface area contributed by atoms with Crippen molar-refractivity contribution in [1.82, 2.24) is 10.2 Å². The van der Waals surface area contributed by atoms with E-state index in [1.54, 1.807) is 0 Å². The van der Waals surface area contributed by atoms with Crippen LogP contribution in [0.15, 0.2) is 12.2 Å². The van der Waals surface area contributed by atoms with Gasteiger partial charge in [-0.25, -0.2) is 0 Å². The Hall–Kier alpha value is -1.55. The minimum Gasteiger partial charge on any atom is -0.377 e. The summed E-state index contributed by atoms with van der Waals surface area (Å²) < 4.78 is 15.8. The van der Waals surface area contributed by atoms with Gasteiger partial charge in [0.05, 0.1) is 0 Å². The number of carbonyl (C=O) groups excluding carboxylic acids is 3. The Balaban J connectivity index is 2.21. The molecule has 1 aliphatic heterocycles. The molecule has 0 fully saturated rings. The first-order valence-corrected chi connectivity index (χ1v) is 8.87. The predicted molar refractivity (Wildman–Crippen MR) is 79.7 cm³/mol. The summed E-state index contributed by atoms with van der Waals surface area (Å²) >= 11 is 0. The van der Waals surface area contributed by atoms with Crippen LogP contribution in [0, 0.1) is 0 Å². The molecule has 22 heavy (non-hydrogen) atoms. The number of hydrogen-bond donors (Lipinski definition) is 1. The van der Waals surface area contributed by atoms with E-state index in [1.807, 2.05) is 0 Å². The van der Waals surface area contributed by atoms with E-state index >= 15 is 0 Å². The largest absolute Gasteiger partial charge is 0.500 e. The minimum absolute atomic E-state index is 0.0839. The van der Waals surface area contributed by atoms with E-state index in [2.05, 4.69) is 5.32 Å². The molecular weight excluding hydrogens is 308 g/mol. The molecule has 0 aromatic rings. The van der Waals surface area contributed by atoms with Crippen LogP contribution in [-0.4, -0.2) is 65.8 Å². The first kappa shape index (κ1) is 18.5. The molecule has 0 spiro atoms. The van der Waals surface area contributed by atoms with E-state index < -0.39 is 8.80 Å². The van der Waals surface area contributed by atoms with Gasteiger partial charge in [-0.2, -0.15) is 0 Å². The fourth-order valence-corrected chi connectivity index (χ4v) is 3.76. The Morgan fingerprint density at radius 1 is 1.14 bits per heavy atom. The molecule has 0 atom stereocenters. The lowest BCUT2D eigenvalue weighted by Gasteiger charge is -2.24. The van der Waals surface area contributed by atoms with Crippen LogP contribution in [0.25, 0.3) is 0 Å². The number of nitrogens with zero attached hydrogens (tertiary/aromatic N) is 1. The Bertz CT molecular complexity index is 424. The highest BCUT2D eigenvalue weighted by atomic mass is 28.4. The Kier molecular flexibility index (Phi) is 7.39. The highest BCUT2D eigenvalue weighted by molar-refractivity contribution is 6.60. The van der Waals surface area contributed by atoms with Crippen molar-refractivity contribution >= 4 is 26.5 Å². The van der Waals surface area contributed by atoms with E-state index in [9.17, 15) is 14.4 Å². The highest BCUT2D eigenvalue weighted by Crippen LogP contribution is 2.14. The van der Waals surface area contributed by atoms with Crippen molar-refractivity contribution in [1.29, 1.82) is 0 Å². The summed E-state index contributed by atoms with van der Waals surface area (Å²) in [6, 6.07) is 0.587. The van der Waals surface area contributed by atoms with Crippen molar-refractivity contribution in [3.8, 4) is 0 Å². The topological polar surface area (TPSA) is 94.2 Å². The van der Waals surface area contributed by atoms with Gasteiger partial charge in [-0.3, -0.25) is 19.3 Å². The van der Waals surface area contributed by atoms with Gasteiger partial charge in [-0.05, 0) is 6.42 Å². The summed E-state index contributed by atoms with van der Waals surface area (Å²) in [6.45, 7) is 0.535. The van der Waals surface area contributed by atoms with Crippen molar-refractivity contribution in [2.45, 2.75) is 18.9 Å². The maximum atomic E-state index is 11.7. The van der Waals surface area contributed by atoms with Crippen LogP contribution in [0.5, 0.6) is 0 Å². The van der Waals surface area contributed by atoms with Crippen molar-refractivity contribution in [2.75, 3.05) is 34.4 Å². The van der Waals surface area contributed by atoms with Crippen LogP contribution in [0.3, 0.4) is 0 Å². The van der Waals surface area contributed by atoms with Crippen molar-refractivity contribution < 1.29 is 27.7 Å². The molecule has 1 N–H and O–H groups in total. The predicted octanol–water partition coefficient (Wildman–Crippen LogP) is -0.314. The number of nitrogens with one attached hydrogen (secondary N) is 1. The molecule has 0 aliphatic carbocycles. The number of carbonyl (C=O) groups is 3. The van der Waals surface area contributed by atoms with Crippen LogP contribution in [0.2, 0.25) is 6.04 Å². The number of rotatable bonds is 10. The van der Waals surface area contributed by atoms with Gasteiger partial charge in [0.2, 0.25) is 5.91 Å². The average molecular weight is 330 g/mol. The molecule has 124 valence electrons. The van der Waals surface area contributed by atoms with Crippen LogP contribution in [-0.2, 0) is 27.7 Å². The van der Waals surface area contributed by atoms with Gasteiger partial charge in [-0.1, -0.05) is 0 Å². The van der Waals surface area contributed by atoms with Crippen LogP contribution >= 0.6 is 0 Å². The maximum Gasteiger partial charge on any atom is 0.500 e. The zero-order valence-corrected chi connectivity index (χ0v) is 14.1. The second kappa shape index (κ2) is 8.78. The Labute approximate surface area is 130 Å². The normalized spacial score (nSPS) is 14.8. The molecule has 0 bridgehead atoms. The quantitative estimate of drug-likeness (QED) is 0.335. The lowest BCUT2D eigenvalue weighted by atomic mass is 10.3. The van der Waals surface area contributed by atoms with Gasteiger partial charge in [0.25, 0.3) is 11.8 Å². The van der Waals surface area contributed by atoms with Gasteiger partial charge >= 0.3 is 8.80 Å². The van der Waals surface area contributed by atoms with Crippen molar-refractivity contribution in [3.63, 3.8) is 0 Å². The zero-order valence-electron chi connectivity index (χ0n) is 13.1. The van der Waals surface area contributed by atoms with E-state index in [4.69, 9.17) is 13.3 Å². The fraction of sp³-hybridized carbons (Fsp3) is 0.615. The van der Waals surface area contributed by atoms with Gasteiger partial charge in [0.1, 0.15) is 0 Å². The second-order valence-electron chi connectivity index (χ2n) is 4.66. The van der Waals surface area contributed by atoms with Gasteiger partial charge in [-0.15, -0.1) is 0 Å². The molecular formula is C13H22N2O6Si. The van der Waals surface area contributed by atoms with Gasteiger partial charge in [0.15, 0.2) is 0 Å². The number of imide groups is 1. The fourth-order valence-electron chi connectivity index (χ4n) is 2.04. The van der Waals surface area contributed by atoms with E-state index in [1.165, 1.54) is 33.5 Å². The number of amides is 3. The lowest BCUT2D eigenvalue weighted by Crippen LogP contribution is -2.43. The Morgan fingerprint density at radius 2 is 1.68 bits per heavy atom. The van der Waals surface area contributed by atoms with Crippen molar-refractivity contribution in [2.24, 2.45) is 0 Å². The molecule has 0 aromatic heterocycles. The molecule has 0 radical (unpaired) electrons. The molecule has 0 saturated carbocycles. The molecule has 1 aliphatic rings. The van der Waals surface area contributed by atoms with Crippen LogP contribution < -0.4 is 5.32 Å². The summed E-state index contributed by atoms with van der Waals surface area (Å²) in [5, 5.41) is 2.73. The molecule has 9 heteroatoms. The molecule has 1 rings (SSSR count). The molecule has 0 aromatic carbocycles. The number of hydrogen-bond acceptors (Lipinski definition) is 6. The summed E-state index contributed by atoms with van der Waals surface area (Å²) in [5.74, 6) is -0.977. The third kappa shape index (κ3) is 5.02. The molecule has 1 heterocycles. The third-order valence-corrected chi connectivity index (χ3v) is 6.21. The zero-order chi connectivity index (χ0) is 16.6. The highest BCUT2D eigenvalue weighted by Gasteiger charge is 2.36. The minimum atomic E-state index is -2.60. The SMILES string of the molecule is CO[Si](CCCNC(=O)CCN1C(=O)C=CC1=O)(OC)OC.